The number of nitro benzene ring substituents is 1. The molecule has 0 aromatic heterocycles. The maximum absolute atomic E-state index is 12.4. The van der Waals surface area contributed by atoms with Gasteiger partial charge in [0.25, 0.3) is 17.5 Å². The molecule has 11 nitrogen and oxygen atoms in total. The molecule has 0 atom stereocenters. The zero-order valence-electron chi connectivity index (χ0n) is 17.4. The lowest BCUT2D eigenvalue weighted by atomic mass is 10.1. The summed E-state index contributed by atoms with van der Waals surface area (Å²) in [5.41, 5.74) is 3.27. The molecular formula is C20H22N4O7. The Bertz CT molecular complexity index is 995. The van der Waals surface area contributed by atoms with Crippen molar-refractivity contribution in [1.82, 2.24) is 10.7 Å². The summed E-state index contributed by atoms with van der Waals surface area (Å²) in [6, 6.07) is 8.76. The summed E-state index contributed by atoms with van der Waals surface area (Å²) in [7, 11) is 4.29. The lowest BCUT2D eigenvalue weighted by molar-refractivity contribution is -0.384. The summed E-state index contributed by atoms with van der Waals surface area (Å²) in [4.78, 5) is 34.8. The molecule has 0 spiro atoms. The minimum atomic E-state index is -0.578. The van der Waals surface area contributed by atoms with Gasteiger partial charge in [-0.15, -0.1) is 0 Å². The summed E-state index contributed by atoms with van der Waals surface area (Å²) in [6.07, 6.45) is 0. The molecule has 0 radical (unpaired) electrons. The van der Waals surface area contributed by atoms with Gasteiger partial charge in [0.1, 0.15) is 0 Å². The molecule has 0 aliphatic heterocycles. The number of ether oxygens (including phenoxy) is 3. The van der Waals surface area contributed by atoms with Gasteiger partial charge in [0.15, 0.2) is 11.5 Å². The molecule has 164 valence electrons. The largest absolute Gasteiger partial charge is 0.493 e. The fourth-order valence-electron chi connectivity index (χ4n) is 2.57. The van der Waals surface area contributed by atoms with Crippen LogP contribution in [0.25, 0.3) is 0 Å². The van der Waals surface area contributed by atoms with Gasteiger partial charge in [-0.1, -0.05) is 12.1 Å². The first-order valence-corrected chi connectivity index (χ1v) is 8.96. The van der Waals surface area contributed by atoms with Crippen molar-refractivity contribution in [2.24, 2.45) is 5.10 Å². The van der Waals surface area contributed by atoms with E-state index >= 15 is 0 Å². The zero-order valence-corrected chi connectivity index (χ0v) is 17.4. The van der Waals surface area contributed by atoms with Gasteiger partial charge >= 0.3 is 0 Å². The van der Waals surface area contributed by atoms with Crippen LogP contribution in [0.15, 0.2) is 41.5 Å². The molecule has 2 aromatic rings. The van der Waals surface area contributed by atoms with Crippen LogP contribution in [-0.2, 0) is 4.79 Å². The van der Waals surface area contributed by atoms with Gasteiger partial charge in [-0.05, 0) is 19.1 Å². The molecule has 31 heavy (non-hydrogen) atoms. The fourth-order valence-corrected chi connectivity index (χ4v) is 2.57. The van der Waals surface area contributed by atoms with Crippen molar-refractivity contribution in [2.45, 2.75) is 6.92 Å². The van der Waals surface area contributed by atoms with Crippen molar-refractivity contribution in [1.29, 1.82) is 0 Å². The first-order valence-electron chi connectivity index (χ1n) is 8.96. The van der Waals surface area contributed by atoms with E-state index in [4.69, 9.17) is 14.2 Å². The lowest BCUT2D eigenvalue weighted by Gasteiger charge is -2.14. The van der Waals surface area contributed by atoms with E-state index in [1.165, 1.54) is 51.7 Å². The maximum Gasteiger partial charge on any atom is 0.270 e. The SMILES string of the molecule is COc1cc(C(=O)NCC(=O)N/N=C(\C)c2cccc([N+](=O)[O-])c2)cc(OC)c1OC. The van der Waals surface area contributed by atoms with E-state index in [-0.39, 0.29) is 17.8 Å². The van der Waals surface area contributed by atoms with E-state index in [1.54, 1.807) is 13.0 Å². The van der Waals surface area contributed by atoms with Crippen LogP contribution in [0.5, 0.6) is 17.2 Å². The molecule has 2 rings (SSSR count). The van der Waals surface area contributed by atoms with Crippen molar-refractivity contribution in [3.8, 4) is 17.2 Å². The molecule has 0 heterocycles. The van der Waals surface area contributed by atoms with Crippen molar-refractivity contribution in [3.63, 3.8) is 0 Å². The van der Waals surface area contributed by atoms with Gasteiger partial charge in [-0.2, -0.15) is 5.10 Å². The highest BCUT2D eigenvalue weighted by atomic mass is 16.6. The molecule has 0 unspecified atom stereocenters. The quantitative estimate of drug-likeness (QED) is 0.351. The molecule has 0 aliphatic rings. The van der Waals surface area contributed by atoms with Crippen molar-refractivity contribution in [3.05, 3.63) is 57.6 Å². The highest BCUT2D eigenvalue weighted by Gasteiger charge is 2.17. The first kappa shape index (κ1) is 23.1. The Balaban J connectivity index is 2.01. The second kappa shape index (κ2) is 10.6. The number of carbonyl (C=O) groups excluding carboxylic acids is 2. The number of benzene rings is 2. The van der Waals surface area contributed by atoms with Gasteiger partial charge in [0, 0.05) is 23.3 Å². The van der Waals surface area contributed by atoms with Crippen LogP contribution in [-0.4, -0.2) is 50.3 Å². The minimum absolute atomic E-state index is 0.0870. The molecule has 11 heteroatoms. The molecule has 0 aliphatic carbocycles. The molecule has 0 fully saturated rings. The molecular weight excluding hydrogens is 408 g/mol. The lowest BCUT2D eigenvalue weighted by Crippen LogP contribution is -2.35. The second-order valence-corrected chi connectivity index (χ2v) is 6.14. The number of hydrogen-bond donors (Lipinski definition) is 2. The number of carbonyl (C=O) groups is 2. The number of hydrazone groups is 1. The number of amides is 2. The summed E-state index contributed by atoms with van der Waals surface area (Å²) in [6.45, 7) is 1.25. The molecule has 0 saturated carbocycles. The summed E-state index contributed by atoms with van der Waals surface area (Å²) in [5, 5.41) is 17.2. The minimum Gasteiger partial charge on any atom is -0.493 e. The Morgan fingerprint density at radius 3 is 2.23 bits per heavy atom. The number of hydrogen-bond acceptors (Lipinski definition) is 8. The van der Waals surface area contributed by atoms with E-state index in [1.807, 2.05) is 0 Å². The third kappa shape index (κ3) is 5.92. The maximum atomic E-state index is 12.4. The Kier molecular flexibility index (Phi) is 7.89. The van der Waals surface area contributed by atoms with E-state index in [0.717, 1.165) is 0 Å². The molecule has 0 saturated heterocycles. The average Bonchev–Trinajstić information content (AvgIpc) is 2.79. The van der Waals surface area contributed by atoms with Gasteiger partial charge in [-0.25, -0.2) is 5.43 Å². The summed E-state index contributed by atoms with van der Waals surface area (Å²) >= 11 is 0. The van der Waals surface area contributed by atoms with Gasteiger partial charge in [0.2, 0.25) is 5.75 Å². The third-order valence-electron chi connectivity index (χ3n) is 4.16. The van der Waals surface area contributed by atoms with Crippen LogP contribution in [0.4, 0.5) is 5.69 Å². The van der Waals surface area contributed by atoms with Crippen LogP contribution in [0, 0.1) is 10.1 Å². The average molecular weight is 430 g/mol. The predicted octanol–water partition coefficient (Wildman–Crippen LogP) is 1.89. The number of nitrogens with zero attached hydrogens (tertiary/aromatic N) is 2. The Hall–Kier alpha value is -4.15. The zero-order chi connectivity index (χ0) is 23.0. The topological polar surface area (TPSA) is 141 Å². The molecule has 2 aromatic carbocycles. The van der Waals surface area contributed by atoms with Crippen molar-refractivity contribution in [2.75, 3.05) is 27.9 Å². The Morgan fingerprint density at radius 2 is 1.68 bits per heavy atom. The molecule has 0 bridgehead atoms. The standard InChI is InChI=1S/C20H22N4O7/c1-12(13-6-5-7-15(8-13)24(27)28)22-23-18(25)11-21-20(26)14-9-16(29-2)19(31-4)17(10-14)30-3/h5-10H,11H2,1-4H3,(H,21,26)(H,23,25)/b22-12+. The van der Waals surface area contributed by atoms with E-state index in [2.05, 4.69) is 15.8 Å². The normalized spacial score (nSPS) is 10.8. The fraction of sp³-hybridized carbons (Fsp3) is 0.250. The van der Waals surface area contributed by atoms with Gasteiger partial charge < -0.3 is 19.5 Å². The Labute approximate surface area is 178 Å². The number of rotatable bonds is 9. The Morgan fingerprint density at radius 1 is 1.03 bits per heavy atom. The highest BCUT2D eigenvalue weighted by Crippen LogP contribution is 2.38. The van der Waals surface area contributed by atoms with Crippen LogP contribution in [0.3, 0.4) is 0 Å². The third-order valence-corrected chi connectivity index (χ3v) is 4.16. The summed E-state index contributed by atoms with van der Waals surface area (Å²) < 4.78 is 15.6. The van der Waals surface area contributed by atoms with Crippen molar-refractivity contribution >= 4 is 23.2 Å². The molecule has 2 amide bonds. The predicted molar refractivity (Wildman–Crippen MR) is 112 cm³/mol. The second-order valence-electron chi connectivity index (χ2n) is 6.14. The first-order chi connectivity index (χ1) is 14.8. The van der Waals surface area contributed by atoms with Crippen molar-refractivity contribution < 1.29 is 28.7 Å². The van der Waals surface area contributed by atoms with Crippen LogP contribution < -0.4 is 25.0 Å². The van der Waals surface area contributed by atoms with Crippen LogP contribution >= 0.6 is 0 Å². The number of non-ortho nitro benzene ring substituents is 1. The van der Waals surface area contributed by atoms with E-state index in [0.29, 0.717) is 28.5 Å². The van der Waals surface area contributed by atoms with E-state index < -0.39 is 16.7 Å². The number of methoxy groups -OCH3 is 3. The van der Waals surface area contributed by atoms with E-state index in [9.17, 15) is 19.7 Å². The van der Waals surface area contributed by atoms with Crippen LogP contribution in [0.2, 0.25) is 0 Å². The monoisotopic (exact) mass is 430 g/mol. The van der Waals surface area contributed by atoms with Crippen LogP contribution in [0.1, 0.15) is 22.8 Å². The van der Waals surface area contributed by atoms with Gasteiger partial charge in [0.05, 0.1) is 38.5 Å². The summed E-state index contributed by atoms with van der Waals surface area (Å²) in [5.74, 6) is -0.174. The number of nitro groups is 1. The highest BCUT2D eigenvalue weighted by molar-refractivity contribution is 6.00. The number of nitrogens with one attached hydrogen (secondary N) is 2. The smallest absolute Gasteiger partial charge is 0.270 e. The van der Waals surface area contributed by atoms with Gasteiger partial charge in [-0.3, -0.25) is 19.7 Å². The molecule has 2 N–H and O–H groups in total.